The summed E-state index contributed by atoms with van der Waals surface area (Å²) in [7, 11) is 0. The number of carbonyl (C=O) groups is 1. The lowest BCUT2D eigenvalue weighted by Crippen LogP contribution is -2.06. The fraction of sp³-hybridized carbons (Fsp3) is 0.133. The molecule has 0 amide bonds. The maximum absolute atomic E-state index is 11.2. The quantitative estimate of drug-likeness (QED) is 0.921. The van der Waals surface area contributed by atoms with E-state index >= 15 is 0 Å². The molecule has 1 heterocycles. The second-order valence-electron chi connectivity index (χ2n) is 4.17. The molecule has 0 fully saturated rings. The highest BCUT2D eigenvalue weighted by molar-refractivity contribution is 5.91. The van der Waals surface area contributed by atoms with Gasteiger partial charge in [-0.25, -0.2) is 9.78 Å². The Morgan fingerprint density at radius 1 is 1.40 bits per heavy atom. The standard InChI is InChI=1S/C15H12N2O3/c1-10-4-2-6-12(15(18)19)14(10)20-9-11-5-3-7-17-13(11)8-16/h2-7H,9H2,1H3,(H,18,19). The SMILES string of the molecule is Cc1cccc(C(=O)O)c1OCc1cccnc1C#N. The molecule has 2 rings (SSSR count). The number of carboxylic acids is 1. The van der Waals surface area contributed by atoms with Crippen LogP contribution in [0.3, 0.4) is 0 Å². The van der Waals surface area contributed by atoms with Crippen molar-refractivity contribution in [3.8, 4) is 11.8 Å². The molecular formula is C15H12N2O3. The van der Waals surface area contributed by atoms with E-state index in [4.69, 9.17) is 15.1 Å². The third-order valence-electron chi connectivity index (χ3n) is 2.81. The zero-order chi connectivity index (χ0) is 14.5. The Labute approximate surface area is 116 Å². The van der Waals surface area contributed by atoms with E-state index in [9.17, 15) is 4.79 Å². The van der Waals surface area contributed by atoms with Gasteiger partial charge in [0.1, 0.15) is 29.7 Å². The second kappa shape index (κ2) is 5.85. The van der Waals surface area contributed by atoms with Crippen LogP contribution in [0.15, 0.2) is 36.5 Å². The minimum atomic E-state index is -1.05. The van der Waals surface area contributed by atoms with Gasteiger partial charge in [-0.1, -0.05) is 18.2 Å². The number of benzene rings is 1. The van der Waals surface area contributed by atoms with Gasteiger partial charge in [-0.15, -0.1) is 0 Å². The molecule has 0 saturated carbocycles. The van der Waals surface area contributed by atoms with Gasteiger partial charge in [0.15, 0.2) is 0 Å². The van der Waals surface area contributed by atoms with Gasteiger partial charge in [-0.3, -0.25) is 0 Å². The van der Waals surface area contributed by atoms with Crippen molar-refractivity contribution in [2.24, 2.45) is 0 Å². The highest BCUT2D eigenvalue weighted by Crippen LogP contribution is 2.24. The van der Waals surface area contributed by atoms with Crippen molar-refractivity contribution in [3.05, 3.63) is 58.9 Å². The van der Waals surface area contributed by atoms with Crippen molar-refractivity contribution in [3.63, 3.8) is 0 Å². The topological polar surface area (TPSA) is 83.2 Å². The first kappa shape index (κ1) is 13.6. The first-order valence-corrected chi connectivity index (χ1v) is 5.93. The minimum absolute atomic E-state index is 0.0991. The maximum Gasteiger partial charge on any atom is 0.339 e. The second-order valence-corrected chi connectivity index (χ2v) is 4.17. The summed E-state index contributed by atoms with van der Waals surface area (Å²) in [5.41, 5.74) is 1.73. The zero-order valence-electron chi connectivity index (χ0n) is 10.8. The Hall–Kier alpha value is -2.87. The van der Waals surface area contributed by atoms with Crippen LogP contribution in [0, 0.1) is 18.3 Å². The van der Waals surface area contributed by atoms with Gasteiger partial charge in [0.2, 0.25) is 0 Å². The number of para-hydroxylation sites is 1. The number of aryl methyl sites for hydroxylation is 1. The van der Waals surface area contributed by atoms with Gasteiger partial charge >= 0.3 is 5.97 Å². The van der Waals surface area contributed by atoms with Crippen LogP contribution < -0.4 is 4.74 Å². The van der Waals surface area contributed by atoms with E-state index in [1.54, 1.807) is 31.2 Å². The molecule has 0 aliphatic rings. The largest absolute Gasteiger partial charge is 0.488 e. The first-order valence-electron chi connectivity index (χ1n) is 5.93. The zero-order valence-corrected chi connectivity index (χ0v) is 10.8. The van der Waals surface area contributed by atoms with Crippen molar-refractivity contribution >= 4 is 5.97 Å². The monoisotopic (exact) mass is 268 g/mol. The molecule has 0 aliphatic carbocycles. The van der Waals surface area contributed by atoms with Gasteiger partial charge in [0, 0.05) is 11.8 Å². The van der Waals surface area contributed by atoms with Crippen molar-refractivity contribution in [1.29, 1.82) is 5.26 Å². The van der Waals surface area contributed by atoms with E-state index < -0.39 is 5.97 Å². The molecular weight excluding hydrogens is 256 g/mol. The summed E-state index contributed by atoms with van der Waals surface area (Å²) in [4.78, 5) is 15.1. The molecule has 0 saturated heterocycles. The average molecular weight is 268 g/mol. The van der Waals surface area contributed by atoms with Crippen LogP contribution in [0.25, 0.3) is 0 Å². The molecule has 1 N–H and O–H groups in total. The van der Waals surface area contributed by atoms with E-state index in [0.29, 0.717) is 11.3 Å². The molecule has 2 aromatic rings. The molecule has 0 bridgehead atoms. The van der Waals surface area contributed by atoms with E-state index in [1.165, 1.54) is 12.3 Å². The van der Waals surface area contributed by atoms with Crippen LogP contribution in [-0.4, -0.2) is 16.1 Å². The number of nitriles is 1. The third kappa shape index (κ3) is 2.75. The van der Waals surface area contributed by atoms with Gasteiger partial charge in [-0.2, -0.15) is 5.26 Å². The summed E-state index contributed by atoms with van der Waals surface area (Å²) in [5.74, 6) is -0.733. The molecule has 5 nitrogen and oxygen atoms in total. The highest BCUT2D eigenvalue weighted by atomic mass is 16.5. The van der Waals surface area contributed by atoms with E-state index in [2.05, 4.69) is 4.98 Å². The number of ether oxygens (including phenoxy) is 1. The Morgan fingerprint density at radius 2 is 2.20 bits per heavy atom. The first-order chi connectivity index (χ1) is 9.63. The number of nitrogens with zero attached hydrogens (tertiary/aromatic N) is 2. The van der Waals surface area contributed by atoms with Crippen molar-refractivity contribution in [2.75, 3.05) is 0 Å². The number of hydrogen-bond acceptors (Lipinski definition) is 4. The van der Waals surface area contributed by atoms with Gasteiger partial charge in [-0.05, 0) is 24.6 Å². The van der Waals surface area contributed by atoms with Crippen LogP contribution in [0.1, 0.15) is 27.2 Å². The summed E-state index contributed by atoms with van der Waals surface area (Å²) in [6.45, 7) is 1.87. The summed E-state index contributed by atoms with van der Waals surface area (Å²) in [6, 6.07) is 10.3. The number of pyridine rings is 1. The lowest BCUT2D eigenvalue weighted by molar-refractivity contribution is 0.0691. The lowest BCUT2D eigenvalue weighted by Gasteiger charge is -2.12. The van der Waals surface area contributed by atoms with Crippen LogP contribution in [0.2, 0.25) is 0 Å². The lowest BCUT2D eigenvalue weighted by atomic mass is 10.1. The molecule has 0 aliphatic heterocycles. The normalized spacial score (nSPS) is 9.80. The summed E-state index contributed by atoms with van der Waals surface area (Å²) in [5, 5.41) is 18.1. The molecule has 0 radical (unpaired) electrons. The number of aromatic nitrogens is 1. The van der Waals surface area contributed by atoms with E-state index in [-0.39, 0.29) is 17.9 Å². The molecule has 5 heteroatoms. The number of hydrogen-bond donors (Lipinski definition) is 1. The smallest absolute Gasteiger partial charge is 0.339 e. The number of carboxylic acid groups (broad SMARTS) is 1. The Morgan fingerprint density at radius 3 is 2.90 bits per heavy atom. The number of rotatable bonds is 4. The third-order valence-corrected chi connectivity index (χ3v) is 2.81. The van der Waals surface area contributed by atoms with Crippen LogP contribution in [0.5, 0.6) is 5.75 Å². The van der Waals surface area contributed by atoms with Crippen LogP contribution in [-0.2, 0) is 6.61 Å². The van der Waals surface area contributed by atoms with E-state index in [0.717, 1.165) is 5.56 Å². The summed E-state index contributed by atoms with van der Waals surface area (Å²) < 4.78 is 5.59. The van der Waals surface area contributed by atoms with Crippen molar-refractivity contribution in [1.82, 2.24) is 4.98 Å². The maximum atomic E-state index is 11.2. The summed E-state index contributed by atoms with van der Waals surface area (Å²) >= 11 is 0. The molecule has 0 unspecified atom stereocenters. The minimum Gasteiger partial charge on any atom is -0.488 e. The Kier molecular flexibility index (Phi) is 3.96. The molecule has 1 aromatic heterocycles. The molecule has 1 aromatic carbocycles. The predicted octanol–water partition coefficient (Wildman–Crippen LogP) is 2.54. The predicted molar refractivity (Wildman–Crippen MR) is 71.4 cm³/mol. The fourth-order valence-electron chi connectivity index (χ4n) is 1.82. The van der Waals surface area contributed by atoms with Gasteiger partial charge < -0.3 is 9.84 Å². The van der Waals surface area contributed by atoms with Crippen LogP contribution in [0.4, 0.5) is 0 Å². The molecule has 0 atom stereocenters. The highest BCUT2D eigenvalue weighted by Gasteiger charge is 2.14. The van der Waals surface area contributed by atoms with Gasteiger partial charge in [0.25, 0.3) is 0 Å². The Balaban J connectivity index is 2.28. The van der Waals surface area contributed by atoms with Gasteiger partial charge in [0.05, 0.1) is 0 Å². The molecule has 20 heavy (non-hydrogen) atoms. The Bertz CT molecular complexity index is 690. The van der Waals surface area contributed by atoms with E-state index in [1.807, 2.05) is 6.07 Å². The molecule has 100 valence electrons. The molecule has 0 spiro atoms. The number of aromatic carboxylic acids is 1. The van der Waals surface area contributed by atoms with Crippen molar-refractivity contribution in [2.45, 2.75) is 13.5 Å². The van der Waals surface area contributed by atoms with Crippen LogP contribution >= 0.6 is 0 Å². The average Bonchev–Trinajstić information content (AvgIpc) is 2.46. The van der Waals surface area contributed by atoms with Crippen molar-refractivity contribution < 1.29 is 14.6 Å². The summed E-state index contributed by atoms with van der Waals surface area (Å²) in [6.07, 6.45) is 1.53. The fourth-order valence-corrected chi connectivity index (χ4v) is 1.82.